The van der Waals surface area contributed by atoms with Crippen molar-refractivity contribution in [1.82, 2.24) is 9.88 Å². The van der Waals surface area contributed by atoms with Crippen LogP contribution < -0.4 is 0 Å². The monoisotopic (exact) mass is 300 g/mol. The van der Waals surface area contributed by atoms with Crippen molar-refractivity contribution in [3.63, 3.8) is 0 Å². The second kappa shape index (κ2) is 5.73. The zero-order valence-corrected chi connectivity index (χ0v) is 12.1. The third-order valence-electron chi connectivity index (χ3n) is 3.96. The van der Waals surface area contributed by atoms with Gasteiger partial charge in [0.1, 0.15) is 11.7 Å². The van der Waals surface area contributed by atoms with Crippen molar-refractivity contribution in [2.75, 3.05) is 13.7 Å². The standard InChI is InChI=1S/C16H16N2O4/c1-22-11-8-14(16(20)21)18(9-11)15(19)13-7-6-10-4-2-3-5-12(10)17-13/h2-7,11,14H,8-9H2,1H3,(H,20,21). The SMILES string of the molecule is COC1CC(C(=O)O)N(C(=O)c2ccc3ccccc3n2)C1. The lowest BCUT2D eigenvalue weighted by Crippen LogP contribution is -2.40. The van der Waals surface area contributed by atoms with Gasteiger partial charge in [-0.1, -0.05) is 24.3 Å². The predicted molar refractivity (Wildman–Crippen MR) is 79.6 cm³/mol. The molecule has 22 heavy (non-hydrogen) atoms. The summed E-state index contributed by atoms with van der Waals surface area (Å²) in [6.45, 7) is 0.265. The Morgan fingerprint density at radius 2 is 2.05 bits per heavy atom. The number of aromatic nitrogens is 1. The number of methoxy groups -OCH3 is 1. The minimum absolute atomic E-state index is 0.252. The number of aliphatic carboxylic acids is 1. The van der Waals surface area contributed by atoms with Gasteiger partial charge >= 0.3 is 5.97 Å². The van der Waals surface area contributed by atoms with Crippen LogP contribution >= 0.6 is 0 Å². The number of pyridine rings is 1. The summed E-state index contributed by atoms with van der Waals surface area (Å²) in [6.07, 6.45) is 0.0380. The van der Waals surface area contributed by atoms with Crippen molar-refractivity contribution in [2.24, 2.45) is 0 Å². The molecule has 1 aromatic carbocycles. The molecule has 2 unspecified atom stereocenters. The second-order valence-corrected chi connectivity index (χ2v) is 5.29. The van der Waals surface area contributed by atoms with Crippen LogP contribution in [0.25, 0.3) is 10.9 Å². The first-order valence-corrected chi connectivity index (χ1v) is 7.02. The quantitative estimate of drug-likeness (QED) is 0.930. The molecule has 2 atom stereocenters. The van der Waals surface area contributed by atoms with E-state index in [2.05, 4.69) is 4.98 Å². The number of carbonyl (C=O) groups is 2. The molecule has 1 saturated heterocycles. The zero-order valence-electron chi connectivity index (χ0n) is 12.1. The summed E-state index contributed by atoms with van der Waals surface area (Å²) < 4.78 is 5.20. The minimum atomic E-state index is -1.02. The lowest BCUT2D eigenvalue weighted by Gasteiger charge is -2.20. The van der Waals surface area contributed by atoms with Gasteiger partial charge in [-0.2, -0.15) is 0 Å². The number of carbonyl (C=O) groups excluding carboxylic acids is 1. The number of benzene rings is 1. The molecule has 0 saturated carbocycles. The van der Waals surface area contributed by atoms with E-state index in [0.717, 1.165) is 5.39 Å². The van der Waals surface area contributed by atoms with Crippen LogP contribution in [0.3, 0.4) is 0 Å². The van der Waals surface area contributed by atoms with Crippen LogP contribution in [-0.4, -0.2) is 52.7 Å². The molecule has 1 fully saturated rings. The number of carboxylic acids is 1. The number of para-hydroxylation sites is 1. The van der Waals surface area contributed by atoms with E-state index < -0.39 is 12.0 Å². The molecule has 0 bridgehead atoms. The number of amides is 1. The average Bonchev–Trinajstić information content (AvgIpc) is 2.98. The molecule has 0 radical (unpaired) electrons. The maximum Gasteiger partial charge on any atom is 0.326 e. The minimum Gasteiger partial charge on any atom is -0.480 e. The van der Waals surface area contributed by atoms with Crippen LogP contribution in [0, 0.1) is 0 Å². The molecule has 114 valence electrons. The number of carboxylic acid groups (broad SMARTS) is 1. The van der Waals surface area contributed by atoms with Crippen LogP contribution in [0.2, 0.25) is 0 Å². The normalized spacial score (nSPS) is 21.2. The fraction of sp³-hybridized carbons (Fsp3) is 0.312. The number of hydrogen-bond acceptors (Lipinski definition) is 4. The van der Waals surface area contributed by atoms with Crippen molar-refractivity contribution < 1.29 is 19.4 Å². The number of likely N-dealkylation sites (tertiary alicyclic amines) is 1. The molecule has 6 heteroatoms. The second-order valence-electron chi connectivity index (χ2n) is 5.29. The molecule has 0 spiro atoms. The predicted octanol–water partition coefficient (Wildman–Crippen LogP) is 1.55. The Morgan fingerprint density at radius 1 is 1.27 bits per heavy atom. The third-order valence-corrected chi connectivity index (χ3v) is 3.96. The van der Waals surface area contributed by atoms with E-state index in [1.165, 1.54) is 12.0 Å². The summed E-state index contributed by atoms with van der Waals surface area (Å²) >= 11 is 0. The van der Waals surface area contributed by atoms with Crippen LogP contribution in [0.4, 0.5) is 0 Å². The van der Waals surface area contributed by atoms with Gasteiger partial charge in [0.15, 0.2) is 0 Å². The highest BCUT2D eigenvalue weighted by Gasteiger charge is 2.40. The van der Waals surface area contributed by atoms with Gasteiger partial charge in [-0.15, -0.1) is 0 Å². The summed E-state index contributed by atoms with van der Waals surface area (Å²) in [5.41, 5.74) is 0.962. The molecule has 0 aliphatic carbocycles. The maximum atomic E-state index is 12.6. The van der Waals surface area contributed by atoms with Gasteiger partial charge in [0.05, 0.1) is 11.6 Å². The van der Waals surface area contributed by atoms with Crippen molar-refractivity contribution in [2.45, 2.75) is 18.6 Å². The molecular formula is C16H16N2O4. The summed E-state index contributed by atoms with van der Waals surface area (Å²) in [4.78, 5) is 29.6. The molecule has 3 rings (SSSR count). The van der Waals surface area contributed by atoms with Crippen LogP contribution in [-0.2, 0) is 9.53 Å². The van der Waals surface area contributed by atoms with Crippen molar-refractivity contribution in [1.29, 1.82) is 0 Å². The molecule has 2 aromatic rings. The molecule has 1 amide bonds. The highest BCUT2D eigenvalue weighted by Crippen LogP contribution is 2.23. The Labute approximate surface area is 127 Å². The van der Waals surface area contributed by atoms with Gasteiger partial charge in [0.2, 0.25) is 0 Å². The van der Waals surface area contributed by atoms with Crippen molar-refractivity contribution in [3.05, 3.63) is 42.1 Å². The lowest BCUT2D eigenvalue weighted by atomic mass is 10.2. The van der Waals surface area contributed by atoms with Gasteiger partial charge in [0.25, 0.3) is 5.91 Å². The van der Waals surface area contributed by atoms with E-state index in [9.17, 15) is 14.7 Å². The van der Waals surface area contributed by atoms with E-state index in [0.29, 0.717) is 11.9 Å². The number of nitrogens with zero attached hydrogens (tertiary/aromatic N) is 2. The average molecular weight is 300 g/mol. The summed E-state index contributed by atoms with van der Waals surface area (Å²) in [5.74, 6) is -1.40. The first-order chi connectivity index (χ1) is 10.6. The van der Waals surface area contributed by atoms with Gasteiger partial charge in [-0.05, 0) is 12.1 Å². The Morgan fingerprint density at radius 3 is 2.77 bits per heavy atom. The molecule has 1 aliphatic heterocycles. The molecule has 6 nitrogen and oxygen atoms in total. The first kappa shape index (κ1) is 14.5. The molecule has 1 aromatic heterocycles. The molecular weight excluding hydrogens is 284 g/mol. The highest BCUT2D eigenvalue weighted by atomic mass is 16.5. The fourth-order valence-corrected chi connectivity index (χ4v) is 2.76. The smallest absolute Gasteiger partial charge is 0.326 e. The molecule has 1 aliphatic rings. The van der Waals surface area contributed by atoms with Crippen molar-refractivity contribution >= 4 is 22.8 Å². The topological polar surface area (TPSA) is 79.7 Å². The van der Waals surface area contributed by atoms with Gasteiger partial charge in [-0.25, -0.2) is 9.78 Å². The largest absolute Gasteiger partial charge is 0.480 e. The Kier molecular flexibility index (Phi) is 3.77. The van der Waals surface area contributed by atoms with Gasteiger partial charge in [0, 0.05) is 25.5 Å². The Hall–Kier alpha value is -2.47. The summed E-state index contributed by atoms with van der Waals surface area (Å²) in [6, 6.07) is 10.1. The van der Waals surface area contributed by atoms with Crippen LogP contribution in [0.1, 0.15) is 16.9 Å². The van der Waals surface area contributed by atoms with Gasteiger partial charge < -0.3 is 14.7 Å². The van der Waals surface area contributed by atoms with E-state index in [-0.39, 0.29) is 24.2 Å². The van der Waals surface area contributed by atoms with Crippen LogP contribution in [0.5, 0.6) is 0 Å². The highest BCUT2D eigenvalue weighted by molar-refractivity contribution is 5.97. The zero-order chi connectivity index (χ0) is 15.7. The van der Waals surface area contributed by atoms with Crippen molar-refractivity contribution in [3.8, 4) is 0 Å². The number of rotatable bonds is 3. The summed E-state index contributed by atoms with van der Waals surface area (Å²) in [5, 5.41) is 10.2. The number of fused-ring (bicyclic) bond motifs is 1. The van der Waals surface area contributed by atoms with Gasteiger partial charge in [-0.3, -0.25) is 4.79 Å². The maximum absolute atomic E-state index is 12.6. The third kappa shape index (κ3) is 2.53. The van der Waals surface area contributed by atoms with Crippen LogP contribution in [0.15, 0.2) is 36.4 Å². The molecule has 2 heterocycles. The number of ether oxygens (including phenoxy) is 1. The number of hydrogen-bond donors (Lipinski definition) is 1. The lowest BCUT2D eigenvalue weighted by molar-refractivity contribution is -0.141. The van der Waals surface area contributed by atoms with E-state index in [1.54, 1.807) is 6.07 Å². The Bertz CT molecular complexity index is 731. The van der Waals surface area contributed by atoms with E-state index in [4.69, 9.17) is 4.74 Å². The molecule has 1 N–H and O–H groups in total. The van der Waals surface area contributed by atoms with E-state index >= 15 is 0 Å². The van der Waals surface area contributed by atoms with E-state index in [1.807, 2.05) is 30.3 Å². The summed E-state index contributed by atoms with van der Waals surface area (Å²) in [7, 11) is 1.52. The Balaban J connectivity index is 1.92. The fourth-order valence-electron chi connectivity index (χ4n) is 2.76. The first-order valence-electron chi connectivity index (χ1n) is 7.02.